The minimum atomic E-state index is -0.273. The second-order valence-corrected chi connectivity index (χ2v) is 5.83. The largest absolute Gasteiger partial charge is 0.491 e. The van der Waals surface area contributed by atoms with E-state index in [-0.39, 0.29) is 18.0 Å². The lowest BCUT2D eigenvalue weighted by molar-refractivity contribution is -0.00672. The van der Waals surface area contributed by atoms with Crippen molar-refractivity contribution >= 4 is 0 Å². The number of benzene rings is 1. The molecule has 0 heterocycles. The van der Waals surface area contributed by atoms with Gasteiger partial charge in [0.15, 0.2) is 0 Å². The molecule has 0 saturated heterocycles. The first-order chi connectivity index (χ1) is 9.93. The maximum atomic E-state index is 13.6. The summed E-state index contributed by atoms with van der Waals surface area (Å²) in [4.78, 5) is 0. The third-order valence-electron chi connectivity index (χ3n) is 2.99. The highest BCUT2D eigenvalue weighted by atomic mass is 19.1. The van der Waals surface area contributed by atoms with Crippen molar-refractivity contribution in [2.75, 3.05) is 20.3 Å². The lowest BCUT2D eigenvalue weighted by Gasteiger charge is -2.24. The quantitative estimate of drug-likeness (QED) is 0.634. The van der Waals surface area contributed by atoms with Gasteiger partial charge in [0.25, 0.3) is 0 Å². The second kappa shape index (κ2) is 9.00. The molecule has 1 atom stereocenters. The highest BCUT2D eigenvalue weighted by Gasteiger charge is 2.20. The first-order valence-electron chi connectivity index (χ1n) is 7.50. The van der Waals surface area contributed by atoms with E-state index in [2.05, 4.69) is 13.8 Å². The molecular weight excluding hydrogens is 271 g/mol. The lowest BCUT2D eigenvalue weighted by Crippen LogP contribution is -2.15. The van der Waals surface area contributed by atoms with Gasteiger partial charge in [0, 0.05) is 12.7 Å². The third-order valence-corrected chi connectivity index (χ3v) is 2.99. The number of rotatable bonds is 9. The van der Waals surface area contributed by atoms with Gasteiger partial charge >= 0.3 is 0 Å². The summed E-state index contributed by atoms with van der Waals surface area (Å²) < 4.78 is 30.3. The van der Waals surface area contributed by atoms with E-state index in [0.717, 1.165) is 12.0 Å². The Bertz CT molecular complexity index is 408. The van der Waals surface area contributed by atoms with E-state index >= 15 is 0 Å². The maximum Gasteiger partial charge on any atom is 0.125 e. The molecule has 21 heavy (non-hydrogen) atoms. The summed E-state index contributed by atoms with van der Waals surface area (Å²) in [6, 6.07) is 4.59. The van der Waals surface area contributed by atoms with Crippen LogP contribution in [0, 0.1) is 11.7 Å². The fourth-order valence-corrected chi connectivity index (χ4v) is 2.15. The molecule has 0 amide bonds. The van der Waals surface area contributed by atoms with E-state index in [1.807, 2.05) is 13.8 Å². The van der Waals surface area contributed by atoms with Crippen LogP contribution in [0.1, 0.15) is 45.8 Å². The number of hydrogen-bond donors (Lipinski definition) is 0. The van der Waals surface area contributed by atoms with Crippen LogP contribution in [-0.4, -0.2) is 26.4 Å². The number of ether oxygens (including phenoxy) is 3. The highest BCUT2D eigenvalue weighted by molar-refractivity contribution is 5.36. The van der Waals surface area contributed by atoms with Gasteiger partial charge in [-0.1, -0.05) is 13.8 Å². The topological polar surface area (TPSA) is 27.7 Å². The number of methoxy groups -OCH3 is 1. The SMILES string of the molecule is COCCOc1ccc(F)cc1[C@H](CC(C)C)OC(C)C. The van der Waals surface area contributed by atoms with E-state index in [1.165, 1.54) is 12.1 Å². The molecule has 0 saturated carbocycles. The summed E-state index contributed by atoms with van der Waals surface area (Å²) in [7, 11) is 1.62. The third kappa shape index (κ3) is 6.44. The summed E-state index contributed by atoms with van der Waals surface area (Å²) in [5.41, 5.74) is 0.772. The smallest absolute Gasteiger partial charge is 0.125 e. The summed E-state index contributed by atoms with van der Waals surface area (Å²) in [5.74, 6) is 0.841. The molecule has 120 valence electrons. The zero-order valence-corrected chi connectivity index (χ0v) is 13.7. The predicted octanol–water partition coefficient (Wildman–Crippen LogP) is 4.36. The number of halogens is 1. The Morgan fingerprint density at radius 1 is 1.10 bits per heavy atom. The molecule has 0 aliphatic heterocycles. The molecule has 3 nitrogen and oxygen atoms in total. The van der Waals surface area contributed by atoms with Gasteiger partial charge in [-0.2, -0.15) is 0 Å². The molecule has 1 aromatic rings. The minimum Gasteiger partial charge on any atom is -0.491 e. The van der Waals surface area contributed by atoms with Gasteiger partial charge in [-0.15, -0.1) is 0 Å². The van der Waals surface area contributed by atoms with Gasteiger partial charge in [0.1, 0.15) is 18.2 Å². The van der Waals surface area contributed by atoms with Crippen molar-refractivity contribution in [3.63, 3.8) is 0 Å². The molecular formula is C17H27FO3. The Hall–Kier alpha value is -1.13. The van der Waals surface area contributed by atoms with Crippen molar-refractivity contribution in [1.29, 1.82) is 0 Å². The summed E-state index contributed by atoms with van der Waals surface area (Å²) in [6.45, 7) is 9.15. The molecule has 1 rings (SSSR count). The van der Waals surface area contributed by atoms with Crippen LogP contribution in [0.15, 0.2) is 18.2 Å². The molecule has 0 bridgehead atoms. The molecule has 1 aromatic carbocycles. The summed E-state index contributed by atoms with van der Waals surface area (Å²) in [5, 5.41) is 0. The molecule has 0 unspecified atom stereocenters. The minimum absolute atomic E-state index is 0.0730. The molecule has 0 spiro atoms. The van der Waals surface area contributed by atoms with E-state index < -0.39 is 0 Å². The van der Waals surface area contributed by atoms with Gasteiger partial charge < -0.3 is 14.2 Å². The average molecular weight is 298 g/mol. The van der Waals surface area contributed by atoms with E-state index in [0.29, 0.717) is 24.9 Å². The fourth-order valence-electron chi connectivity index (χ4n) is 2.15. The van der Waals surface area contributed by atoms with Crippen molar-refractivity contribution in [3.05, 3.63) is 29.6 Å². The summed E-state index contributed by atoms with van der Waals surface area (Å²) in [6.07, 6.45) is 0.726. The van der Waals surface area contributed by atoms with Crippen molar-refractivity contribution in [2.24, 2.45) is 5.92 Å². The normalized spacial score (nSPS) is 13.0. The molecule has 0 N–H and O–H groups in total. The van der Waals surface area contributed by atoms with E-state index in [1.54, 1.807) is 13.2 Å². The van der Waals surface area contributed by atoms with Crippen LogP contribution < -0.4 is 4.74 Å². The fraction of sp³-hybridized carbons (Fsp3) is 0.647. The Morgan fingerprint density at radius 2 is 1.81 bits per heavy atom. The maximum absolute atomic E-state index is 13.6. The molecule has 0 aliphatic carbocycles. The van der Waals surface area contributed by atoms with Crippen molar-refractivity contribution in [1.82, 2.24) is 0 Å². The van der Waals surface area contributed by atoms with Crippen LogP contribution in [0.3, 0.4) is 0 Å². The van der Waals surface area contributed by atoms with Gasteiger partial charge in [-0.25, -0.2) is 4.39 Å². The zero-order valence-electron chi connectivity index (χ0n) is 13.7. The molecule has 0 radical (unpaired) electrons. The molecule has 0 fully saturated rings. The van der Waals surface area contributed by atoms with E-state index in [4.69, 9.17) is 14.2 Å². The highest BCUT2D eigenvalue weighted by Crippen LogP contribution is 2.34. The zero-order chi connectivity index (χ0) is 15.8. The monoisotopic (exact) mass is 298 g/mol. The molecule has 4 heteroatoms. The summed E-state index contributed by atoms with van der Waals surface area (Å²) >= 11 is 0. The van der Waals surface area contributed by atoms with Crippen LogP contribution in [-0.2, 0) is 9.47 Å². The van der Waals surface area contributed by atoms with Crippen LogP contribution in [0.4, 0.5) is 4.39 Å². The van der Waals surface area contributed by atoms with Gasteiger partial charge in [-0.3, -0.25) is 0 Å². The van der Waals surface area contributed by atoms with Gasteiger partial charge in [-0.05, 0) is 44.4 Å². The van der Waals surface area contributed by atoms with Crippen LogP contribution in [0.2, 0.25) is 0 Å². The standard InChI is InChI=1S/C17H27FO3/c1-12(2)10-17(21-13(3)4)15-11-14(18)6-7-16(15)20-9-8-19-5/h6-7,11-13,17H,8-10H2,1-5H3/t17-/m0/s1. The Labute approximate surface area is 127 Å². The first kappa shape index (κ1) is 17.9. The Balaban J connectivity index is 2.99. The van der Waals surface area contributed by atoms with Crippen molar-refractivity contribution < 1.29 is 18.6 Å². The van der Waals surface area contributed by atoms with Crippen LogP contribution in [0.5, 0.6) is 5.75 Å². The molecule has 0 aromatic heterocycles. The lowest BCUT2D eigenvalue weighted by atomic mass is 9.98. The van der Waals surface area contributed by atoms with Crippen molar-refractivity contribution in [2.45, 2.75) is 46.3 Å². The first-order valence-corrected chi connectivity index (χ1v) is 7.50. The van der Waals surface area contributed by atoms with Crippen LogP contribution >= 0.6 is 0 Å². The Morgan fingerprint density at radius 3 is 2.38 bits per heavy atom. The van der Waals surface area contributed by atoms with Crippen LogP contribution in [0.25, 0.3) is 0 Å². The average Bonchev–Trinajstić information content (AvgIpc) is 2.39. The number of hydrogen-bond acceptors (Lipinski definition) is 3. The molecule has 0 aliphatic rings. The Kier molecular flexibility index (Phi) is 7.68. The van der Waals surface area contributed by atoms with Gasteiger partial charge in [0.05, 0.1) is 18.8 Å². The second-order valence-electron chi connectivity index (χ2n) is 5.83. The van der Waals surface area contributed by atoms with Gasteiger partial charge in [0.2, 0.25) is 0 Å². The van der Waals surface area contributed by atoms with E-state index in [9.17, 15) is 4.39 Å². The van der Waals surface area contributed by atoms with Crippen molar-refractivity contribution in [3.8, 4) is 5.75 Å². The predicted molar refractivity (Wildman–Crippen MR) is 82.2 cm³/mol.